The summed E-state index contributed by atoms with van der Waals surface area (Å²) in [4.78, 5) is 15.9. The van der Waals surface area contributed by atoms with Crippen molar-refractivity contribution >= 4 is 22.7 Å². The van der Waals surface area contributed by atoms with Crippen molar-refractivity contribution in [1.82, 2.24) is 29.7 Å². The van der Waals surface area contributed by atoms with Crippen LogP contribution in [0.2, 0.25) is 0 Å². The van der Waals surface area contributed by atoms with Crippen LogP contribution in [0.25, 0.3) is 28.1 Å². The van der Waals surface area contributed by atoms with E-state index < -0.39 is 0 Å². The van der Waals surface area contributed by atoms with Crippen molar-refractivity contribution in [2.45, 2.75) is 52.2 Å². The molecule has 7 heteroatoms. The number of pyridine rings is 2. The summed E-state index contributed by atoms with van der Waals surface area (Å²) < 4.78 is 2.30. The number of benzene rings is 1. The van der Waals surface area contributed by atoms with Crippen molar-refractivity contribution in [3.8, 4) is 11.3 Å². The summed E-state index contributed by atoms with van der Waals surface area (Å²) >= 11 is 0. The first-order chi connectivity index (χ1) is 19.0. The van der Waals surface area contributed by atoms with Crippen LogP contribution in [-0.4, -0.2) is 57.1 Å². The van der Waals surface area contributed by atoms with Gasteiger partial charge in [0.2, 0.25) is 0 Å². The van der Waals surface area contributed by atoms with E-state index in [1.807, 2.05) is 37.8 Å². The number of aromatic nitrogens is 4. The fourth-order valence-electron chi connectivity index (χ4n) is 5.57. The van der Waals surface area contributed by atoms with Gasteiger partial charge in [0, 0.05) is 55.2 Å². The minimum Gasteiger partial charge on any atom is -0.373 e. The van der Waals surface area contributed by atoms with Crippen molar-refractivity contribution in [2.75, 3.05) is 32.0 Å². The van der Waals surface area contributed by atoms with Gasteiger partial charge in [-0.3, -0.25) is 4.98 Å². The Morgan fingerprint density at radius 2 is 1.87 bits per heavy atom. The SMILES string of the molecule is C=Cc1ccnc(CC2CCN(C(C)C)CC2)c1.CNc1cc2cc(-c3cnc4n3CCNC4)ccc2cn1. The molecular formula is C32H41N7. The summed E-state index contributed by atoms with van der Waals surface area (Å²) in [6, 6.07) is 13.4. The molecule has 0 bridgehead atoms. The molecule has 6 rings (SSSR count). The van der Waals surface area contributed by atoms with Crippen LogP contribution >= 0.6 is 0 Å². The van der Waals surface area contributed by atoms with Gasteiger partial charge in [0.05, 0.1) is 18.4 Å². The molecule has 0 amide bonds. The van der Waals surface area contributed by atoms with Crippen LogP contribution in [0.1, 0.15) is 43.8 Å². The van der Waals surface area contributed by atoms with Gasteiger partial charge in [-0.05, 0) is 87.3 Å². The van der Waals surface area contributed by atoms with E-state index in [4.69, 9.17) is 0 Å². The van der Waals surface area contributed by atoms with Crippen LogP contribution in [0.5, 0.6) is 0 Å². The highest BCUT2D eigenvalue weighted by Crippen LogP contribution is 2.27. The van der Waals surface area contributed by atoms with E-state index in [0.717, 1.165) is 49.0 Å². The number of likely N-dealkylation sites (tertiary alicyclic amines) is 1. The third-order valence-corrected chi connectivity index (χ3v) is 7.96. The van der Waals surface area contributed by atoms with E-state index in [1.165, 1.54) is 53.8 Å². The Morgan fingerprint density at radius 3 is 2.64 bits per heavy atom. The van der Waals surface area contributed by atoms with Crippen molar-refractivity contribution in [1.29, 1.82) is 0 Å². The molecule has 0 aliphatic carbocycles. The van der Waals surface area contributed by atoms with Gasteiger partial charge in [-0.2, -0.15) is 0 Å². The number of nitrogens with zero attached hydrogens (tertiary/aromatic N) is 5. The highest BCUT2D eigenvalue weighted by Gasteiger charge is 2.21. The molecule has 2 aliphatic rings. The number of imidazole rings is 1. The first kappa shape index (κ1) is 27.0. The van der Waals surface area contributed by atoms with E-state index in [2.05, 4.69) is 85.8 Å². The van der Waals surface area contributed by atoms with E-state index in [-0.39, 0.29) is 0 Å². The van der Waals surface area contributed by atoms with Crippen LogP contribution in [0.3, 0.4) is 0 Å². The molecule has 1 saturated heterocycles. The van der Waals surface area contributed by atoms with Crippen molar-refractivity contribution < 1.29 is 0 Å². The first-order valence-corrected chi connectivity index (χ1v) is 14.2. The zero-order valence-corrected chi connectivity index (χ0v) is 23.5. The number of rotatable bonds is 6. The minimum absolute atomic E-state index is 0.688. The molecule has 204 valence electrons. The molecular weight excluding hydrogens is 482 g/mol. The molecule has 0 spiro atoms. The summed E-state index contributed by atoms with van der Waals surface area (Å²) in [5.74, 6) is 2.80. The Morgan fingerprint density at radius 1 is 1.03 bits per heavy atom. The van der Waals surface area contributed by atoms with Gasteiger partial charge in [0.25, 0.3) is 0 Å². The summed E-state index contributed by atoms with van der Waals surface area (Å²) in [5.41, 5.74) is 4.79. The Balaban J connectivity index is 0.000000160. The van der Waals surface area contributed by atoms with E-state index in [0.29, 0.717) is 6.04 Å². The molecule has 7 nitrogen and oxygen atoms in total. The number of piperidine rings is 1. The Hall–Kier alpha value is -3.55. The highest BCUT2D eigenvalue weighted by molar-refractivity contribution is 5.88. The number of anilines is 1. The van der Waals surface area contributed by atoms with Gasteiger partial charge in [0.15, 0.2) is 0 Å². The molecule has 0 radical (unpaired) electrons. The van der Waals surface area contributed by atoms with Crippen LogP contribution in [-0.2, 0) is 19.5 Å². The Labute approximate surface area is 232 Å². The topological polar surface area (TPSA) is 70.9 Å². The standard InChI is InChI=1S/C16H17N5.C16H24N2/c1-17-15-7-13-6-11(2-3-12(13)8-19-15)14-9-20-16-10-18-4-5-21(14)16;1-4-14-5-8-17-16(11-14)12-15-6-9-18(10-7-15)13(2)3/h2-3,6-9,18H,4-5,10H2,1H3,(H,17,19);4-5,8,11,13,15H,1,6-7,9-10,12H2,2-3H3. The maximum atomic E-state index is 4.52. The summed E-state index contributed by atoms with van der Waals surface area (Å²) in [6.07, 6.45) is 11.4. The summed E-state index contributed by atoms with van der Waals surface area (Å²) in [7, 11) is 1.89. The van der Waals surface area contributed by atoms with Crippen molar-refractivity contribution in [2.24, 2.45) is 5.92 Å². The molecule has 5 heterocycles. The second-order valence-electron chi connectivity index (χ2n) is 10.8. The Kier molecular flexibility index (Phi) is 8.69. The molecule has 39 heavy (non-hydrogen) atoms. The predicted molar refractivity (Wildman–Crippen MR) is 162 cm³/mol. The second-order valence-corrected chi connectivity index (χ2v) is 10.8. The fourth-order valence-corrected chi connectivity index (χ4v) is 5.57. The van der Waals surface area contributed by atoms with E-state index >= 15 is 0 Å². The van der Waals surface area contributed by atoms with Gasteiger partial charge in [-0.1, -0.05) is 24.8 Å². The van der Waals surface area contributed by atoms with E-state index in [9.17, 15) is 0 Å². The monoisotopic (exact) mass is 523 g/mol. The highest BCUT2D eigenvalue weighted by atomic mass is 15.2. The van der Waals surface area contributed by atoms with Crippen LogP contribution in [0, 0.1) is 5.92 Å². The summed E-state index contributed by atoms with van der Waals surface area (Å²) in [6.45, 7) is 13.7. The van der Waals surface area contributed by atoms with Crippen molar-refractivity contribution in [3.63, 3.8) is 0 Å². The van der Waals surface area contributed by atoms with Gasteiger partial charge in [-0.25, -0.2) is 9.97 Å². The molecule has 1 aromatic carbocycles. The lowest BCUT2D eigenvalue weighted by Gasteiger charge is -2.34. The molecule has 2 aliphatic heterocycles. The molecule has 3 aromatic heterocycles. The van der Waals surface area contributed by atoms with Gasteiger partial charge >= 0.3 is 0 Å². The van der Waals surface area contributed by atoms with Crippen LogP contribution in [0.15, 0.2) is 61.6 Å². The number of hydrogen-bond donors (Lipinski definition) is 2. The maximum Gasteiger partial charge on any atom is 0.126 e. The van der Waals surface area contributed by atoms with Crippen LogP contribution < -0.4 is 10.6 Å². The zero-order valence-electron chi connectivity index (χ0n) is 23.5. The number of nitrogens with one attached hydrogen (secondary N) is 2. The maximum absolute atomic E-state index is 4.52. The third kappa shape index (κ3) is 6.54. The lowest BCUT2D eigenvalue weighted by molar-refractivity contribution is 0.149. The lowest BCUT2D eigenvalue weighted by Crippen LogP contribution is -2.38. The number of hydrogen-bond acceptors (Lipinski definition) is 6. The van der Waals surface area contributed by atoms with Gasteiger partial charge < -0.3 is 20.1 Å². The minimum atomic E-state index is 0.688. The molecule has 1 fully saturated rings. The average Bonchev–Trinajstić information content (AvgIpc) is 3.41. The molecule has 0 saturated carbocycles. The molecule has 4 aromatic rings. The van der Waals surface area contributed by atoms with Crippen LogP contribution in [0.4, 0.5) is 5.82 Å². The van der Waals surface area contributed by atoms with Crippen molar-refractivity contribution in [3.05, 3.63) is 78.6 Å². The van der Waals surface area contributed by atoms with Gasteiger partial charge in [0.1, 0.15) is 11.6 Å². The quantitative estimate of drug-likeness (QED) is 0.341. The fraction of sp³-hybridized carbons (Fsp3) is 0.406. The molecule has 0 atom stereocenters. The molecule has 0 unspecified atom stereocenters. The summed E-state index contributed by atoms with van der Waals surface area (Å²) in [5, 5.41) is 8.78. The largest absolute Gasteiger partial charge is 0.373 e. The first-order valence-electron chi connectivity index (χ1n) is 14.2. The lowest BCUT2D eigenvalue weighted by atomic mass is 9.91. The smallest absolute Gasteiger partial charge is 0.126 e. The third-order valence-electron chi connectivity index (χ3n) is 7.96. The second kappa shape index (κ2) is 12.5. The average molecular weight is 524 g/mol. The zero-order chi connectivity index (χ0) is 27.2. The van der Waals surface area contributed by atoms with Gasteiger partial charge in [-0.15, -0.1) is 0 Å². The normalized spacial score (nSPS) is 16.0. The predicted octanol–water partition coefficient (Wildman–Crippen LogP) is 5.63. The van der Waals surface area contributed by atoms with E-state index in [1.54, 1.807) is 0 Å². The Bertz CT molecular complexity index is 1400. The number of fused-ring (bicyclic) bond motifs is 2. The molecule has 2 N–H and O–H groups in total.